The Labute approximate surface area is 227 Å². The highest BCUT2D eigenvalue weighted by Crippen LogP contribution is 2.40. The summed E-state index contributed by atoms with van der Waals surface area (Å²) in [5, 5.41) is 18.4. The average Bonchev–Trinajstić information content (AvgIpc) is 3.46. The van der Waals surface area contributed by atoms with E-state index in [1.165, 1.54) is 29.2 Å². The van der Waals surface area contributed by atoms with E-state index in [2.05, 4.69) is 15.5 Å². The third-order valence-corrected chi connectivity index (χ3v) is 8.22. The van der Waals surface area contributed by atoms with Gasteiger partial charge in [0.05, 0.1) is 5.02 Å². The number of carboxylic acids is 1. The molecule has 16 heteroatoms. The lowest BCUT2D eigenvalue weighted by Crippen LogP contribution is -2.71. The Bertz CT molecular complexity index is 1520. The van der Waals surface area contributed by atoms with Gasteiger partial charge in [-0.1, -0.05) is 28.4 Å². The minimum absolute atomic E-state index is 0.116. The van der Waals surface area contributed by atoms with Gasteiger partial charge in [0, 0.05) is 16.7 Å². The number of hydrogen-bond acceptors (Lipinski definition) is 9. The first-order valence-electron chi connectivity index (χ1n) is 10.6. The number of hydrogen-bond donors (Lipinski definition) is 3. The van der Waals surface area contributed by atoms with Crippen molar-refractivity contribution in [2.24, 2.45) is 5.16 Å². The summed E-state index contributed by atoms with van der Waals surface area (Å²) in [4.78, 5) is 48.2. The number of nitrogens with one attached hydrogen (secondary N) is 1. The highest BCUT2D eigenvalue weighted by Gasteiger charge is 2.54. The number of carbonyl (C=O) groups is 3. The molecule has 1 saturated heterocycles. The van der Waals surface area contributed by atoms with E-state index in [4.69, 9.17) is 33.8 Å². The number of thioether (sulfide) groups is 1. The molecule has 37 heavy (non-hydrogen) atoms. The lowest BCUT2D eigenvalue weighted by molar-refractivity contribution is -0.662. The number of nitrogens with zero attached hydrogens (tertiary/aromatic N) is 5. The molecule has 3 aromatic heterocycles. The van der Waals surface area contributed by atoms with Crippen molar-refractivity contribution in [3.05, 3.63) is 57.0 Å². The van der Waals surface area contributed by atoms with Crippen LogP contribution in [0.4, 0.5) is 5.13 Å². The van der Waals surface area contributed by atoms with Gasteiger partial charge in [-0.2, -0.15) is 0 Å². The highest BCUT2D eigenvalue weighted by atomic mass is 35.5. The second kappa shape index (κ2) is 9.85. The van der Waals surface area contributed by atoms with Gasteiger partial charge in [0.15, 0.2) is 10.8 Å². The monoisotopic (exact) mass is 582 g/mol. The Hall–Kier alpha value is -3.33. The summed E-state index contributed by atoms with van der Waals surface area (Å²) < 4.78 is 3.52. The number of aromatic nitrogens is 3. The smallest absolute Gasteiger partial charge is 0.352 e. The van der Waals surface area contributed by atoms with E-state index in [0.29, 0.717) is 27.0 Å². The maximum absolute atomic E-state index is 13.1. The number of fused-ring (bicyclic) bond motifs is 2. The van der Waals surface area contributed by atoms with Gasteiger partial charge in [-0.05, 0) is 6.07 Å². The van der Waals surface area contributed by atoms with Gasteiger partial charge in [-0.25, -0.2) is 18.7 Å². The molecule has 2 aliphatic rings. The summed E-state index contributed by atoms with van der Waals surface area (Å²) in [7, 11) is 1.27. The zero-order chi connectivity index (χ0) is 26.4. The standard InChI is InChI=1S/C21H17Cl2N7O5S2/c1-35-27-13(12-8-37-21(24)25-12)16(31)26-14-18(32)30-15(20(33)34)9(7-36-19(14)30)5-28-2-3-29-6-10(22)4-11(23)17(28)29/h2-4,6,8,14,19H,5,7H2,1H3,(H3-,24,25,26,31,33,34)/p+1/t14-,19+/m1/s1. The zero-order valence-electron chi connectivity index (χ0n) is 18.9. The van der Waals surface area contributed by atoms with Crippen LogP contribution in [-0.4, -0.2) is 67.2 Å². The number of aliphatic carboxylic acids is 1. The maximum atomic E-state index is 13.1. The van der Waals surface area contributed by atoms with Gasteiger partial charge in [0.2, 0.25) is 0 Å². The predicted molar refractivity (Wildman–Crippen MR) is 137 cm³/mol. The number of nitrogen functional groups attached to an aromatic ring is 1. The summed E-state index contributed by atoms with van der Waals surface area (Å²) >= 11 is 14.9. The minimum atomic E-state index is -1.24. The van der Waals surface area contributed by atoms with Crippen LogP contribution in [0, 0.1) is 0 Å². The van der Waals surface area contributed by atoms with Crippen LogP contribution in [0.3, 0.4) is 0 Å². The largest absolute Gasteiger partial charge is 0.477 e. The molecule has 4 N–H and O–H groups in total. The summed E-state index contributed by atoms with van der Waals surface area (Å²) in [6, 6.07) is 0.645. The number of thiazole rings is 1. The lowest BCUT2D eigenvalue weighted by atomic mass is 10.0. The molecule has 2 aliphatic heterocycles. The quantitative estimate of drug-likeness (QED) is 0.163. The van der Waals surface area contributed by atoms with Gasteiger partial charge in [0.25, 0.3) is 11.8 Å². The summed E-state index contributed by atoms with van der Waals surface area (Å²) in [5.41, 5.74) is 6.74. The van der Waals surface area contributed by atoms with E-state index >= 15 is 0 Å². The number of β-lactam (4-membered cyclic amide) rings is 1. The Kier molecular flexibility index (Phi) is 6.74. The van der Waals surface area contributed by atoms with Crippen LogP contribution in [0.2, 0.25) is 10.0 Å². The molecule has 192 valence electrons. The number of nitrogens with two attached hydrogens (primary N) is 1. The molecule has 0 bridgehead atoms. The highest BCUT2D eigenvalue weighted by molar-refractivity contribution is 8.00. The van der Waals surface area contributed by atoms with Crippen LogP contribution < -0.4 is 15.6 Å². The molecule has 0 aromatic carbocycles. The average molecular weight is 583 g/mol. The van der Waals surface area contributed by atoms with E-state index in [1.807, 2.05) is 0 Å². The number of anilines is 1. The summed E-state index contributed by atoms with van der Waals surface area (Å²) in [6.45, 7) is 0.190. The molecule has 0 unspecified atom stereocenters. The number of halogens is 2. The van der Waals surface area contributed by atoms with E-state index in [1.54, 1.807) is 33.6 Å². The van der Waals surface area contributed by atoms with Crippen molar-refractivity contribution in [2.75, 3.05) is 18.6 Å². The molecule has 0 aliphatic carbocycles. The molecule has 2 amide bonds. The SMILES string of the molecule is CON=C(C(=O)N[C@@H]1C(=O)N2C(C(=O)O)=C(C[n+]3ccn4cc(Cl)cc(Cl)c43)CS[C@@H]12)c1csc(N)n1. The molecule has 2 atom stereocenters. The van der Waals surface area contributed by atoms with Crippen molar-refractivity contribution in [3.8, 4) is 0 Å². The Morgan fingerprint density at radius 2 is 2.22 bits per heavy atom. The number of amides is 2. The van der Waals surface area contributed by atoms with Crippen LogP contribution in [0.1, 0.15) is 5.69 Å². The van der Waals surface area contributed by atoms with Crippen molar-refractivity contribution in [1.82, 2.24) is 19.6 Å². The van der Waals surface area contributed by atoms with Gasteiger partial charge in [-0.15, -0.1) is 23.1 Å². The molecule has 3 aromatic rings. The molecule has 1 fully saturated rings. The molecule has 0 spiro atoms. The number of carboxylic acid groups (broad SMARTS) is 1. The number of imidazole rings is 1. The summed E-state index contributed by atoms with van der Waals surface area (Å²) in [5.74, 6) is -2.16. The third kappa shape index (κ3) is 4.50. The number of rotatable bonds is 7. The van der Waals surface area contributed by atoms with Crippen LogP contribution in [0.15, 0.2) is 46.5 Å². The van der Waals surface area contributed by atoms with Gasteiger partial charge in [-0.3, -0.25) is 14.5 Å². The van der Waals surface area contributed by atoms with Crippen LogP contribution in [0.25, 0.3) is 5.65 Å². The fourth-order valence-corrected chi connectivity index (χ4v) is 6.68. The first kappa shape index (κ1) is 25.3. The van der Waals surface area contributed by atoms with Crippen molar-refractivity contribution in [3.63, 3.8) is 0 Å². The second-order valence-corrected chi connectivity index (χ2v) is 10.8. The molecule has 0 radical (unpaired) electrons. The molecule has 0 saturated carbocycles. The van der Waals surface area contributed by atoms with Crippen molar-refractivity contribution in [2.45, 2.75) is 18.0 Å². The number of oxime groups is 1. The Morgan fingerprint density at radius 3 is 2.89 bits per heavy atom. The van der Waals surface area contributed by atoms with Gasteiger partial charge in [0.1, 0.15) is 60.1 Å². The van der Waals surface area contributed by atoms with E-state index < -0.39 is 29.2 Å². The van der Waals surface area contributed by atoms with E-state index in [9.17, 15) is 19.5 Å². The molecule has 5 heterocycles. The fraction of sp³-hybridized carbons (Fsp3) is 0.238. The van der Waals surface area contributed by atoms with Gasteiger partial charge >= 0.3 is 11.6 Å². The van der Waals surface area contributed by atoms with E-state index in [-0.39, 0.29) is 28.8 Å². The Morgan fingerprint density at radius 1 is 1.43 bits per heavy atom. The van der Waals surface area contributed by atoms with Crippen molar-refractivity contribution >= 4 is 80.6 Å². The third-order valence-electron chi connectivity index (χ3n) is 5.72. The number of pyridine rings is 1. The first-order chi connectivity index (χ1) is 17.7. The number of carbonyl (C=O) groups excluding carboxylic acids is 2. The zero-order valence-corrected chi connectivity index (χ0v) is 22.1. The molecular formula is C21H18Cl2N7O5S2+. The minimum Gasteiger partial charge on any atom is -0.477 e. The molecule has 12 nitrogen and oxygen atoms in total. The normalized spacial score (nSPS) is 19.6. The van der Waals surface area contributed by atoms with Crippen molar-refractivity contribution < 1.29 is 28.9 Å². The first-order valence-corrected chi connectivity index (χ1v) is 13.3. The molecule has 5 rings (SSSR count). The van der Waals surface area contributed by atoms with Crippen LogP contribution in [-0.2, 0) is 25.8 Å². The van der Waals surface area contributed by atoms with Crippen molar-refractivity contribution in [1.29, 1.82) is 0 Å². The van der Waals surface area contributed by atoms with Gasteiger partial charge < -0.3 is 21.0 Å². The van der Waals surface area contributed by atoms with Crippen LogP contribution in [0.5, 0.6) is 0 Å². The predicted octanol–water partition coefficient (Wildman–Crippen LogP) is 1.36. The molecular weight excluding hydrogens is 565 g/mol. The lowest BCUT2D eigenvalue weighted by Gasteiger charge is -2.49. The Balaban J connectivity index is 1.39. The summed E-state index contributed by atoms with van der Waals surface area (Å²) in [6.07, 6.45) is 5.19. The van der Waals surface area contributed by atoms with Crippen LogP contribution >= 0.6 is 46.3 Å². The maximum Gasteiger partial charge on any atom is 0.352 e. The fourth-order valence-electron chi connectivity index (χ4n) is 4.20. The second-order valence-electron chi connectivity index (χ2n) is 7.97. The topological polar surface area (TPSA) is 156 Å². The van der Waals surface area contributed by atoms with E-state index in [0.717, 1.165) is 11.3 Å².